The zero-order valence-corrected chi connectivity index (χ0v) is 11.1. The highest BCUT2D eigenvalue weighted by atomic mass is 79.9. The molecule has 4 nitrogen and oxygen atoms in total. The van der Waals surface area contributed by atoms with E-state index in [-0.39, 0.29) is 5.97 Å². The van der Waals surface area contributed by atoms with Gasteiger partial charge in [0.1, 0.15) is 0 Å². The summed E-state index contributed by atoms with van der Waals surface area (Å²) in [6.07, 6.45) is 3.34. The number of hydrogen-bond donors (Lipinski definition) is 0. The number of hydrogen-bond acceptors (Lipinski definition) is 4. The maximum atomic E-state index is 11.7. The van der Waals surface area contributed by atoms with Crippen LogP contribution in [-0.4, -0.2) is 22.5 Å². The van der Waals surface area contributed by atoms with Gasteiger partial charge >= 0.3 is 5.97 Å². The molecule has 0 aliphatic rings. The van der Waals surface area contributed by atoms with Crippen molar-refractivity contribution in [3.8, 4) is 0 Å². The Kier molecular flexibility index (Phi) is 3.38. The van der Waals surface area contributed by atoms with Crippen LogP contribution in [0, 0.1) is 6.92 Å². The van der Waals surface area contributed by atoms with Gasteiger partial charge in [0, 0.05) is 16.1 Å². The summed E-state index contributed by atoms with van der Waals surface area (Å²) in [5, 5.41) is 0.855. The minimum atomic E-state index is -0.344. The lowest BCUT2D eigenvalue weighted by molar-refractivity contribution is 0.0525. The molecule has 5 heteroatoms. The van der Waals surface area contributed by atoms with Gasteiger partial charge in [0.05, 0.1) is 29.6 Å². The van der Waals surface area contributed by atoms with Gasteiger partial charge in [-0.15, -0.1) is 0 Å². The Hall–Kier alpha value is -1.49. The Labute approximate surface area is 107 Å². The van der Waals surface area contributed by atoms with E-state index in [1.807, 2.05) is 0 Å². The second-order valence-electron chi connectivity index (χ2n) is 3.53. The molecule has 0 saturated heterocycles. The third kappa shape index (κ3) is 2.29. The van der Waals surface area contributed by atoms with Gasteiger partial charge in [0.2, 0.25) is 0 Å². The minimum absolute atomic E-state index is 0.344. The van der Waals surface area contributed by atoms with Crippen LogP contribution < -0.4 is 0 Å². The van der Waals surface area contributed by atoms with Gasteiger partial charge in [-0.25, -0.2) is 4.79 Å². The summed E-state index contributed by atoms with van der Waals surface area (Å²) >= 11 is 3.39. The van der Waals surface area contributed by atoms with E-state index in [1.54, 1.807) is 32.3 Å². The van der Waals surface area contributed by atoms with Crippen LogP contribution in [0.5, 0.6) is 0 Å². The summed E-state index contributed by atoms with van der Waals surface area (Å²) in [5.74, 6) is -0.344. The van der Waals surface area contributed by atoms with E-state index in [2.05, 4.69) is 25.9 Å². The van der Waals surface area contributed by atoms with Crippen molar-refractivity contribution in [2.45, 2.75) is 13.8 Å². The van der Waals surface area contributed by atoms with Crippen molar-refractivity contribution >= 4 is 32.8 Å². The molecule has 2 aromatic heterocycles. The van der Waals surface area contributed by atoms with Gasteiger partial charge < -0.3 is 4.74 Å². The molecule has 0 atom stereocenters. The van der Waals surface area contributed by atoms with Crippen LogP contribution in [0.4, 0.5) is 0 Å². The van der Waals surface area contributed by atoms with Crippen molar-refractivity contribution < 1.29 is 9.53 Å². The fraction of sp³-hybridized carbons (Fsp3) is 0.250. The highest BCUT2D eigenvalue weighted by Gasteiger charge is 2.13. The number of carbonyl (C=O) groups is 1. The lowest BCUT2D eigenvalue weighted by atomic mass is 10.1. The van der Waals surface area contributed by atoms with E-state index >= 15 is 0 Å². The average Bonchev–Trinajstić information content (AvgIpc) is 2.29. The third-order valence-corrected chi connectivity index (χ3v) is 3.01. The van der Waals surface area contributed by atoms with Gasteiger partial charge in [-0.2, -0.15) is 0 Å². The van der Waals surface area contributed by atoms with Crippen molar-refractivity contribution in [2.75, 3.05) is 6.61 Å². The summed E-state index contributed by atoms with van der Waals surface area (Å²) in [5.41, 5.74) is 1.90. The molecule has 0 radical (unpaired) electrons. The number of esters is 1. The van der Waals surface area contributed by atoms with Gasteiger partial charge in [0.15, 0.2) is 0 Å². The molecule has 0 saturated carbocycles. The number of pyridine rings is 2. The standard InChI is InChI=1S/C12H11BrN2O2/c1-3-17-12(16)8-4-9-10(13)5-14-6-11(9)15-7(8)2/h4-6H,3H2,1-2H3. The predicted octanol–water partition coefficient (Wildman–Crippen LogP) is 2.88. The Morgan fingerprint density at radius 2 is 2.24 bits per heavy atom. The number of fused-ring (bicyclic) bond motifs is 1. The average molecular weight is 295 g/mol. The molecule has 0 N–H and O–H groups in total. The van der Waals surface area contributed by atoms with E-state index in [4.69, 9.17) is 4.74 Å². The molecule has 2 heterocycles. The van der Waals surface area contributed by atoms with Crippen molar-refractivity contribution in [1.29, 1.82) is 0 Å². The molecule has 2 rings (SSSR count). The van der Waals surface area contributed by atoms with E-state index in [9.17, 15) is 4.79 Å². The van der Waals surface area contributed by atoms with Crippen molar-refractivity contribution in [1.82, 2.24) is 9.97 Å². The number of aromatic nitrogens is 2. The first-order chi connectivity index (χ1) is 8.13. The summed E-state index contributed by atoms with van der Waals surface area (Å²) in [6, 6.07) is 1.78. The topological polar surface area (TPSA) is 52.1 Å². The van der Waals surface area contributed by atoms with Gasteiger partial charge in [0.25, 0.3) is 0 Å². The quantitative estimate of drug-likeness (QED) is 0.799. The molecule has 2 aromatic rings. The highest BCUT2D eigenvalue weighted by molar-refractivity contribution is 9.10. The van der Waals surface area contributed by atoms with Crippen LogP contribution in [0.2, 0.25) is 0 Å². The zero-order chi connectivity index (χ0) is 12.4. The zero-order valence-electron chi connectivity index (χ0n) is 9.53. The van der Waals surface area contributed by atoms with Gasteiger partial charge in [-0.3, -0.25) is 9.97 Å². The molecule has 0 bridgehead atoms. The Bertz CT molecular complexity index is 584. The number of rotatable bonds is 2. The van der Waals surface area contributed by atoms with Crippen LogP contribution in [-0.2, 0) is 4.74 Å². The number of aryl methyl sites for hydroxylation is 1. The smallest absolute Gasteiger partial charge is 0.339 e. The van der Waals surface area contributed by atoms with Gasteiger partial charge in [-0.05, 0) is 35.8 Å². The van der Waals surface area contributed by atoms with Crippen LogP contribution in [0.3, 0.4) is 0 Å². The molecule has 0 aliphatic carbocycles. The van der Waals surface area contributed by atoms with Crippen LogP contribution >= 0.6 is 15.9 Å². The molecule has 0 aliphatic heterocycles. The summed E-state index contributed by atoms with van der Waals surface area (Å²) in [7, 11) is 0. The molecule has 0 aromatic carbocycles. The fourth-order valence-corrected chi connectivity index (χ4v) is 2.01. The number of halogens is 1. The fourth-order valence-electron chi connectivity index (χ4n) is 1.57. The number of ether oxygens (including phenoxy) is 1. The summed E-state index contributed by atoms with van der Waals surface area (Å²) in [6.45, 7) is 3.92. The Morgan fingerprint density at radius 3 is 2.94 bits per heavy atom. The molecule has 0 spiro atoms. The molecule has 88 valence electrons. The second kappa shape index (κ2) is 4.79. The van der Waals surface area contributed by atoms with Crippen LogP contribution in [0.1, 0.15) is 23.0 Å². The molecule has 17 heavy (non-hydrogen) atoms. The van der Waals surface area contributed by atoms with E-state index in [0.717, 1.165) is 15.4 Å². The third-order valence-electron chi connectivity index (χ3n) is 2.38. The van der Waals surface area contributed by atoms with Crippen molar-refractivity contribution in [3.05, 3.63) is 34.2 Å². The highest BCUT2D eigenvalue weighted by Crippen LogP contribution is 2.23. The monoisotopic (exact) mass is 294 g/mol. The second-order valence-corrected chi connectivity index (χ2v) is 4.38. The first-order valence-corrected chi connectivity index (χ1v) is 6.00. The maximum absolute atomic E-state index is 11.7. The number of carbonyl (C=O) groups excluding carboxylic acids is 1. The Morgan fingerprint density at radius 1 is 1.47 bits per heavy atom. The molecule has 0 unspecified atom stereocenters. The molecule has 0 amide bonds. The lowest BCUT2D eigenvalue weighted by Gasteiger charge is -2.07. The normalized spacial score (nSPS) is 10.5. The van der Waals surface area contributed by atoms with E-state index < -0.39 is 0 Å². The SMILES string of the molecule is CCOC(=O)c1cc2c(Br)cncc2nc1C. The largest absolute Gasteiger partial charge is 0.462 e. The van der Waals surface area contributed by atoms with Crippen LogP contribution in [0.15, 0.2) is 22.9 Å². The Balaban J connectivity index is 2.61. The van der Waals surface area contributed by atoms with Crippen molar-refractivity contribution in [2.24, 2.45) is 0 Å². The lowest BCUT2D eigenvalue weighted by Crippen LogP contribution is -2.08. The summed E-state index contributed by atoms with van der Waals surface area (Å²) < 4.78 is 5.80. The molecular formula is C12H11BrN2O2. The molecular weight excluding hydrogens is 284 g/mol. The van der Waals surface area contributed by atoms with Crippen LogP contribution in [0.25, 0.3) is 10.9 Å². The first-order valence-electron chi connectivity index (χ1n) is 5.21. The number of nitrogens with zero attached hydrogens (tertiary/aromatic N) is 2. The summed E-state index contributed by atoms with van der Waals surface area (Å²) in [4.78, 5) is 20.1. The molecule has 0 fully saturated rings. The maximum Gasteiger partial charge on any atom is 0.339 e. The van der Waals surface area contributed by atoms with Crippen molar-refractivity contribution in [3.63, 3.8) is 0 Å². The predicted molar refractivity (Wildman–Crippen MR) is 67.9 cm³/mol. The van der Waals surface area contributed by atoms with E-state index in [1.165, 1.54) is 0 Å². The van der Waals surface area contributed by atoms with E-state index in [0.29, 0.717) is 17.9 Å². The van der Waals surface area contributed by atoms with Gasteiger partial charge in [-0.1, -0.05) is 0 Å². The first kappa shape index (κ1) is 12.0. The minimum Gasteiger partial charge on any atom is -0.462 e.